The van der Waals surface area contributed by atoms with Gasteiger partial charge in [-0.2, -0.15) is 0 Å². The number of fused-ring (bicyclic) bond motifs is 1. The van der Waals surface area contributed by atoms with Crippen LogP contribution < -0.4 is 5.32 Å². The van der Waals surface area contributed by atoms with E-state index in [2.05, 4.69) is 20.5 Å². The van der Waals surface area contributed by atoms with Gasteiger partial charge in [-0.25, -0.2) is 4.98 Å². The highest BCUT2D eigenvalue weighted by atomic mass is 32.1. The number of imidazole rings is 1. The van der Waals surface area contributed by atoms with Crippen LogP contribution in [-0.4, -0.2) is 24.7 Å². The zero-order chi connectivity index (χ0) is 17.2. The van der Waals surface area contributed by atoms with Crippen LogP contribution in [0, 0.1) is 10.1 Å². The van der Waals surface area contributed by atoms with E-state index >= 15 is 0 Å². The standard InChI is InChI=1S/C16H12N6O2S/c23-22(24)12-6-7-13-14(8-12)21(10-17-13)9-15-19-20-16(25-15)18-11-4-2-1-3-5-11/h1-8,10H,9H2,(H,18,20). The second-order valence-electron chi connectivity index (χ2n) is 5.29. The van der Waals surface area contributed by atoms with Gasteiger partial charge in [0.25, 0.3) is 5.69 Å². The van der Waals surface area contributed by atoms with Gasteiger partial charge in [-0.1, -0.05) is 29.5 Å². The van der Waals surface area contributed by atoms with Crippen molar-refractivity contribution in [3.8, 4) is 0 Å². The molecule has 2 aromatic carbocycles. The zero-order valence-electron chi connectivity index (χ0n) is 12.9. The molecule has 0 bridgehead atoms. The molecular formula is C16H12N6O2S. The van der Waals surface area contributed by atoms with Crippen molar-refractivity contribution in [1.29, 1.82) is 0 Å². The van der Waals surface area contributed by atoms with Crippen LogP contribution in [0.15, 0.2) is 54.9 Å². The lowest BCUT2D eigenvalue weighted by Gasteiger charge is -2.01. The number of para-hydroxylation sites is 1. The minimum Gasteiger partial charge on any atom is -0.330 e. The number of nitro benzene ring substituents is 1. The Bertz CT molecular complexity index is 1040. The highest BCUT2D eigenvalue weighted by molar-refractivity contribution is 7.15. The number of aromatic nitrogens is 4. The summed E-state index contributed by atoms with van der Waals surface area (Å²) >= 11 is 1.43. The lowest BCUT2D eigenvalue weighted by atomic mass is 10.3. The first-order chi connectivity index (χ1) is 12.2. The van der Waals surface area contributed by atoms with E-state index in [1.807, 2.05) is 34.9 Å². The Morgan fingerprint density at radius 2 is 2.00 bits per heavy atom. The number of hydrogen-bond donors (Lipinski definition) is 1. The van der Waals surface area contributed by atoms with E-state index in [-0.39, 0.29) is 5.69 Å². The third-order valence-corrected chi connectivity index (χ3v) is 4.44. The van der Waals surface area contributed by atoms with Crippen LogP contribution in [0.3, 0.4) is 0 Å². The van der Waals surface area contributed by atoms with Crippen molar-refractivity contribution in [2.24, 2.45) is 0 Å². The molecule has 0 unspecified atom stereocenters. The van der Waals surface area contributed by atoms with Gasteiger partial charge < -0.3 is 9.88 Å². The Hall–Kier alpha value is -3.33. The van der Waals surface area contributed by atoms with Gasteiger partial charge in [0.1, 0.15) is 5.01 Å². The van der Waals surface area contributed by atoms with Crippen molar-refractivity contribution in [2.75, 3.05) is 5.32 Å². The molecule has 0 amide bonds. The summed E-state index contributed by atoms with van der Waals surface area (Å²) in [5.74, 6) is 0. The van der Waals surface area contributed by atoms with E-state index in [1.165, 1.54) is 23.5 Å². The van der Waals surface area contributed by atoms with E-state index in [4.69, 9.17) is 0 Å². The van der Waals surface area contributed by atoms with Crippen molar-refractivity contribution in [3.63, 3.8) is 0 Å². The third-order valence-electron chi connectivity index (χ3n) is 3.61. The van der Waals surface area contributed by atoms with Crippen molar-refractivity contribution in [1.82, 2.24) is 19.7 Å². The van der Waals surface area contributed by atoms with Crippen LogP contribution in [0.5, 0.6) is 0 Å². The first-order valence-electron chi connectivity index (χ1n) is 7.43. The van der Waals surface area contributed by atoms with Crippen LogP contribution in [-0.2, 0) is 6.54 Å². The summed E-state index contributed by atoms with van der Waals surface area (Å²) in [5, 5.41) is 23.9. The number of hydrogen-bond acceptors (Lipinski definition) is 7. The Morgan fingerprint density at radius 3 is 2.80 bits per heavy atom. The van der Waals surface area contributed by atoms with Gasteiger partial charge >= 0.3 is 0 Å². The summed E-state index contributed by atoms with van der Waals surface area (Å²) in [6.07, 6.45) is 1.65. The topological polar surface area (TPSA) is 98.8 Å². The van der Waals surface area contributed by atoms with Gasteiger partial charge in [0.2, 0.25) is 5.13 Å². The Kier molecular flexibility index (Phi) is 3.82. The maximum absolute atomic E-state index is 11.0. The molecule has 9 heteroatoms. The minimum absolute atomic E-state index is 0.0398. The van der Waals surface area contributed by atoms with Crippen molar-refractivity contribution >= 4 is 38.9 Å². The lowest BCUT2D eigenvalue weighted by molar-refractivity contribution is -0.384. The van der Waals surface area contributed by atoms with Crippen LogP contribution in [0.1, 0.15) is 5.01 Å². The van der Waals surface area contributed by atoms with Gasteiger partial charge in [-0.3, -0.25) is 10.1 Å². The van der Waals surface area contributed by atoms with Gasteiger partial charge in [0.05, 0.1) is 28.8 Å². The molecule has 0 atom stereocenters. The van der Waals surface area contributed by atoms with Gasteiger partial charge in [-0.05, 0) is 18.2 Å². The Balaban J connectivity index is 1.57. The van der Waals surface area contributed by atoms with Crippen molar-refractivity contribution in [2.45, 2.75) is 6.54 Å². The lowest BCUT2D eigenvalue weighted by Crippen LogP contribution is -1.98. The quantitative estimate of drug-likeness (QED) is 0.435. The molecule has 1 N–H and O–H groups in total. The molecule has 124 valence electrons. The molecule has 2 aromatic heterocycles. The summed E-state index contributed by atoms with van der Waals surface area (Å²) in [7, 11) is 0. The molecular weight excluding hydrogens is 340 g/mol. The number of benzene rings is 2. The Labute approximate surface area is 145 Å². The van der Waals surface area contributed by atoms with Crippen molar-refractivity contribution < 1.29 is 4.92 Å². The van der Waals surface area contributed by atoms with Gasteiger partial charge in [0, 0.05) is 17.8 Å². The highest BCUT2D eigenvalue weighted by Gasteiger charge is 2.12. The van der Waals surface area contributed by atoms with Crippen LogP contribution >= 0.6 is 11.3 Å². The third kappa shape index (κ3) is 3.17. The van der Waals surface area contributed by atoms with Crippen LogP contribution in [0.4, 0.5) is 16.5 Å². The fourth-order valence-corrected chi connectivity index (χ4v) is 3.20. The summed E-state index contributed by atoms with van der Waals surface area (Å²) in [6.45, 7) is 0.450. The summed E-state index contributed by atoms with van der Waals surface area (Å²) in [4.78, 5) is 14.8. The smallest absolute Gasteiger partial charge is 0.271 e. The number of nitrogens with zero attached hydrogens (tertiary/aromatic N) is 5. The molecule has 0 saturated heterocycles. The van der Waals surface area contributed by atoms with Crippen LogP contribution in [0.2, 0.25) is 0 Å². The number of nitrogens with one attached hydrogen (secondary N) is 1. The zero-order valence-corrected chi connectivity index (χ0v) is 13.7. The normalized spacial score (nSPS) is 10.9. The first kappa shape index (κ1) is 15.2. The van der Waals surface area contributed by atoms with Crippen LogP contribution in [0.25, 0.3) is 11.0 Å². The molecule has 0 aliphatic carbocycles. The summed E-state index contributed by atoms with van der Waals surface area (Å²) in [5.41, 5.74) is 2.38. The fourth-order valence-electron chi connectivity index (χ4n) is 2.44. The number of anilines is 2. The average molecular weight is 352 g/mol. The SMILES string of the molecule is O=[N+]([O-])c1ccc2ncn(Cc3nnc(Nc4ccccc4)s3)c2c1. The maximum Gasteiger partial charge on any atom is 0.271 e. The molecule has 0 spiro atoms. The predicted octanol–water partition coefficient (Wildman–Crippen LogP) is 3.59. The van der Waals surface area contributed by atoms with E-state index in [9.17, 15) is 10.1 Å². The number of non-ortho nitro benzene ring substituents is 1. The summed E-state index contributed by atoms with van der Waals surface area (Å²) < 4.78 is 1.83. The molecule has 4 aromatic rings. The molecule has 4 rings (SSSR count). The Morgan fingerprint density at radius 1 is 1.16 bits per heavy atom. The first-order valence-corrected chi connectivity index (χ1v) is 8.24. The predicted molar refractivity (Wildman–Crippen MR) is 95.1 cm³/mol. The maximum atomic E-state index is 11.0. The second kappa shape index (κ2) is 6.29. The molecule has 0 aliphatic rings. The van der Waals surface area contributed by atoms with E-state index in [0.29, 0.717) is 22.7 Å². The minimum atomic E-state index is -0.413. The largest absolute Gasteiger partial charge is 0.330 e. The molecule has 0 fully saturated rings. The van der Waals surface area contributed by atoms with Crippen molar-refractivity contribution in [3.05, 3.63) is 70.0 Å². The van der Waals surface area contributed by atoms with E-state index in [0.717, 1.165) is 10.7 Å². The monoisotopic (exact) mass is 352 g/mol. The second-order valence-corrected chi connectivity index (χ2v) is 6.36. The van der Waals surface area contributed by atoms with Gasteiger partial charge in [0.15, 0.2) is 0 Å². The highest BCUT2D eigenvalue weighted by Crippen LogP contribution is 2.24. The number of nitro groups is 1. The summed E-state index contributed by atoms with van der Waals surface area (Å²) in [6, 6.07) is 14.3. The molecule has 0 aliphatic heterocycles. The van der Waals surface area contributed by atoms with E-state index < -0.39 is 4.92 Å². The average Bonchev–Trinajstić information content (AvgIpc) is 3.23. The van der Waals surface area contributed by atoms with Gasteiger partial charge in [-0.15, -0.1) is 10.2 Å². The molecule has 2 heterocycles. The number of rotatable bonds is 5. The van der Waals surface area contributed by atoms with E-state index in [1.54, 1.807) is 12.4 Å². The molecule has 25 heavy (non-hydrogen) atoms. The fraction of sp³-hybridized carbons (Fsp3) is 0.0625. The molecule has 0 radical (unpaired) electrons. The molecule has 0 saturated carbocycles. The molecule has 8 nitrogen and oxygen atoms in total.